The topological polar surface area (TPSA) is 70.8 Å². The number of anilines is 2. The number of nitrogens with zero attached hydrogens (tertiary/aromatic N) is 2. The van der Waals surface area contributed by atoms with E-state index < -0.39 is 17.8 Å². The van der Waals surface area contributed by atoms with Crippen molar-refractivity contribution >= 4 is 35.3 Å². The van der Waals surface area contributed by atoms with E-state index in [4.69, 9.17) is 4.42 Å². The average molecular weight is 386 g/mol. The van der Waals surface area contributed by atoms with Gasteiger partial charge in [0.05, 0.1) is 11.4 Å². The molecule has 3 aromatic rings. The van der Waals surface area contributed by atoms with E-state index in [9.17, 15) is 14.4 Å². The first-order valence-corrected chi connectivity index (χ1v) is 9.09. The van der Waals surface area contributed by atoms with Gasteiger partial charge in [-0.1, -0.05) is 36.4 Å². The molecule has 6 nitrogen and oxygen atoms in total. The summed E-state index contributed by atoms with van der Waals surface area (Å²) in [6, 6.07) is 18.1. The Morgan fingerprint density at radius 1 is 0.759 bits per heavy atom. The van der Waals surface area contributed by atoms with Gasteiger partial charge in [0.1, 0.15) is 17.1 Å². The quantitative estimate of drug-likeness (QED) is 0.492. The number of barbiturate groups is 1. The summed E-state index contributed by atoms with van der Waals surface area (Å²) in [4.78, 5) is 41.6. The van der Waals surface area contributed by atoms with Crippen molar-refractivity contribution in [1.29, 1.82) is 0 Å². The second kappa shape index (κ2) is 7.24. The molecule has 4 rings (SSSR count). The maximum absolute atomic E-state index is 13.2. The number of amides is 4. The number of para-hydroxylation sites is 2. The molecule has 2 aromatic carbocycles. The Morgan fingerprint density at radius 2 is 1.24 bits per heavy atom. The number of benzene rings is 2. The minimum Gasteiger partial charge on any atom is -0.466 e. The van der Waals surface area contributed by atoms with E-state index in [0.717, 1.165) is 9.80 Å². The average Bonchev–Trinajstić information content (AvgIpc) is 3.04. The van der Waals surface area contributed by atoms with Gasteiger partial charge >= 0.3 is 6.03 Å². The lowest BCUT2D eigenvalue weighted by Crippen LogP contribution is -2.57. The van der Waals surface area contributed by atoms with Crippen molar-refractivity contribution in [3.8, 4) is 0 Å². The van der Waals surface area contributed by atoms with Crippen molar-refractivity contribution in [2.24, 2.45) is 0 Å². The molecule has 0 saturated carbocycles. The number of furan rings is 1. The monoisotopic (exact) mass is 386 g/mol. The van der Waals surface area contributed by atoms with Crippen LogP contribution in [-0.4, -0.2) is 17.8 Å². The van der Waals surface area contributed by atoms with Crippen molar-refractivity contribution in [3.63, 3.8) is 0 Å². The predicted molar refractivity (Wildman–Crippen MR) is 109 cm³/mol. The Labute approximate surface area is 167 Å². The number of rotatable bonds is 3. The van der Waals surface area contributed by atoms with Crippen LogP contribution in [0.1, 0.15) is 17.1 Å². The third-order valence-electron chi connectivity index (χ3n) is 4.66. The van der Waals surface area contributed by atoms with E-state index in [1.165, 1.54) is 6.08 Å². The molecule has 2 heterocycles. The maximum Gasteiger partial charge on any atom is 0.343 e. The van der Waals surface area contributed by atoms with Crippen molar-refractivity contribution < 1.29 is 18.8 Å². The molecule has 0 unspecified atom stereocenters. The fraction of sp³-hybridized carbons (Fsp3) is 0.0870. The van der Waals surface area contributed by atoms with Crippen LogP contribution in [0.5, 0.6) is 0 Å². The summed E-state index contributed by atoms with van der Waals surface area (Å²) < 4.78 is 5.51. The second-order valence-corrected chi connectivity index (χ2v) is 6.66. The zero-order chi connectivity index (χ0) is 20.5. The molecule has 1 aromatic heterocycles. The molecule has 0 N–H and O–H groups in total. The number of hydrogen-bond donors (Lipinski definition) is 0. The summed E-state index contributed by atoms with van der Waals surface area (Å²) in [5.74, 6) is -0.0840. The van der Waals surface area contributed by atoms with Crippen molar-refractivity contribution in [1.82, 2.24) is 0 Å². The number of urea groups is 1. The molecule has 0 spiro atoms. The molecule has 0 bridgehead atoms. The van der Waals surface area contributed by atoms with Gasteiger partial charge < -0.3 is 4.42 Å². The van der Waals surface area contributed by atoms with Gasteiger partial charge in [-0.15, -0.1) is 0 Å². The van der Waals surface area contributed by atoms with E-state index in [1.807, 2.05) is 0 Å². The summed E-state index contributed by atoms with van der Waals surface area (Å²) in [7, 11) is 0. The molecule has 1 saturated heterocycles. The SMILES string of the molecule is Cc1cc(C=C2C(=O)N(c3ccccc3)C(=O)N(c3ccccc3)C2=O)c(C)o1. The first kappa shape index (κ1) is 18.4. The number of carbonyl (C=O) groups excluding carboxylic acids is 3. The largest absolute Gasteiger partial charge is 0.466 e. The van der Waals surface area contributed by atoms with E-state index in [1.54, 1.807) is 80.6 Å². The Balaban J connectivity index is 1.88. The molecule has 1 aliphatic rings. The van der Waals surface area contributed by atoms with Crippen molar-refractivity contribution in [3.05, 3.63) is 89.4 Å². The highest BCUT2D eigenvalue weighted by Gasteiger charge is 2.43. The van der Waals surface area contributed by atoms with Crippen LogP contribution in [0.4, 0.5) is 16.2 Å². The Bertz CT molecular complexity index is 1070. The van der Waals surface area contributed by atoms with Gasteiger partial charge in [0.25, 0.3) is 11.8 Å². The standard InChI is InChI=1S/C23H18N2O4/c1-15-13-17(16(2)29-15)14-20-21(26)24(18-9-5-3-6-10-18)23(28)25(22(20)27)19-11-7-4-8-12-19/h3-14H,1-2H3. The summed E-state index contributed by atoms with van der Waals surface area (Å²) in [5, 5.41) is 0. The number of hydrogen-bond acceptors (Lipinski definition) is 4. The van der Waals surface area contributed by atoms with Crippen LogP contribution in [0.3, 0.4) is 0 Å². The minimum absolute atomic E-state index is 0.110. The molecule has 4 amide bonds. The van der Waals surface area contributed by atoms with Crippen molar-refractivity contribution in [2.45, 2.75) is 13.8 Å². The zero-order valence-electron chi connectivity index (χ0n) is 16.0. The Hall–Kier alpha value is -3.93. The molecule has 6 heteroatoms. The lowest BCUT2D eigenvalue weighted by molar-refractivity contribution is -0.121. The van der Waals surface area contributed by atoms with Crippen LogP contribution >= 0.6 is 0 Å². The van der Waals surface area contributed by atoms with Gasteiger partial charge in [-0.05, 0) is 50.3 Å². The highest BCUT2D eigenvalue weighted by atomic mass is 16.3. The van der Waals surface area contributed by atoms with Gasteiger partial charge in [0.15, 0.2) is 0 Å². The smallest absolute Gasteiger partial charge is 0.343 e. The maximum atomic E-state index is 13.2. The summed E-state index contributed by atoms with van der Waals surface area (Å²) in [6.45, 7) is 3.54. The Morgan fingerprint density at radius 3 is 1.66 bits per heavy atom. The second-order valence-electron chi connectivity index (χ2n) is 6.66. The fourth-order valence-corrected chi connectivity index (χ4v) is 3.29. The van der Waals surface area contributed by atoms with E-state index in [0.29, 0.717) is 28.5 Å². The van der Waals surface area contributed by atoms with E-state index in [-0.39, 0.29) is 5.57 Å². The van der Waals surface area contributed by atoms with Gasteiger partial charge in [0, 0.05) is 5.56 Å². The number of carbonyl (C=O) groups is 3. The third kappa shape index (κ3) is 3.25. The fourth-order valence-electron chi connectivity index (χ4n) is 3.29. The highest BCUT2D eigenvalue weighted by Crippen LogP contribution is 2.30. The molecule has 1 fully saturated rings. The van der Waals surface area contributed by atoms with Gasteiger partial charge in [-0.3, -0.25) is 9.59 Å². The summed E-state index contributed by atoms with van der Waals surface area (Å²) in [6.07, 6.45) is 1.48. The van der Waals surface area contributed by atoms with Gasteiger partial charge in [0.2, 0.25) is 0 Å². The first-order chi connectivity index (χ1) is 14.0. The Kier molecular flexibility index (Phi) is 4.60. The molecular formula is C23H18N2O4. The normalized spacial score (nSPS) is 14.6. The molecular weight excluding hydrogens is 368 g/mol. The summed E-state index contributed by atoms with van der Waals surface area (Å²) >= 11 is 0. The van der Waals surface area contributed by atoms with E-state index in [2.05, 4.69) is 0 Å². The molecule has 144 valence electrons. The number of imide groups is 2. The van der Waals surface area contributed by atoms with Crippen LogP contribution in [0.25, 0.3) is 6.08 Å². The number of aryl methyl sites for hydroxylation is 2. The first-order valence-electron chi connectivity index (χ1n) is 9.09. The van der Waals surface area contributed by atoms with Crippen LogP contribution in [0, 0.1) is 13.8 Å². The predicted octanol–water partition coefficient (Wildman–Crippen LogP) is 4.48. The van der Waals surface area contributed by atoms with Crippen LogP contribution < -0.4 is 9.80 Å². The third-order valence-corrected chi connectivity index (χ3v) is 4.66. The van der Waals surface area contributed by atoms with Gasteiger partial charge in [-0.2, -0.15) is 0 Å². The summed E-state index contributed by atoms with van der Waals surface area (Å²) in [5.41, 5.74) is 1.29. The van der Waals surface area contributed by atoms with Crippen LogP contribution in [-0.2, 0) is 9.59 Å². The highest BCUT2D eigenvalue weighted by molar-refractivity contribution is 6.46. The molecule has 1 aliphatic heterocycles. The van der Waals surface area contributed by atoms with Gasteiger partial charge in [-0.25, -0.2) is 14.6 Å². The molecule has 0 atom stereocenters. The van der Waals surface area contributed by atoms with Crippen LogP contribution in [0.2, 0.25) is 0 Å². The van der Waals surface area contributed by atoms with Crippen LogP contribution in [0.15, 0.2) is 76.7 Å². The lowest BCUT2D eigenvalue weighted by Gasteiger charge is -2.33. The lowest BCUT2D eigenvalue weighted by atomic mass is 10.0. The van der Waals surface area contributed by atoms with Crippen molar-refractivity contribution in [2.75, 3.05) is 9.80 Å². The molecule has 29 heavy (non-hydrogen) atoms. The minimum atomic E-state index is -0.713. The molecule has 0 radical (unpaired) electrons. The molecule has 0 aliphatic carbocycles. The van der Waals surface area contributed by atoms with E-state index >= 15 is 0 Å². The zero-order valence-corrected chi connectivity index (χ0v) is 16.0.